The summed E-state index contributed by atoms with van der Waals surface area (Å²) in [5.74, 6) is 1.00. The van der Waals surface area contributed by atoms with Gasteiger partial charge in [-0.25, -0.2) is 9.97 Å². The van der Waals surface area contributed by atoms with Crippen LogP contribution in [0.2, 0.25) is 0 Å². The fourth-order valence-corrected chi connectivity index (χ4v) is 2.61. The van der Waals surface area contributed by atoms with E-state index in [1.165, 1.54) is 6.08 Å². The lowest BCUT2D eigenvalue weighted by Gasteiger charge is -2.12. The number of amides is 1. The zero-order chi connectivity index (χ0) is 17.2. The molecule has 0 unspecified atom stereocenters. The van der Waals surface area contributed by atoms with Crippen LogP contribution in [0.1, 0.15) is 11.7 Å². The highest BCUT2D eigenvalue weighted by molar-refractivity contribution is 5.91. The number of fused-ring (bicyclic) bond motifs is 2. The standard InChI is InChI=1S/C19H16N4O2/c1-23(12-17-20-13-6-2-3-7-14(13)21-17)19(24)11-10-18-22-15-8-4-5-9-16(15)25-18/h2-11H,12H2,1H3,(H,20,21). The minimum atomic E-state index is -0.150. The number of para-hydroxylation sites is 4. The number of nitrogens with zero attached hydrogens (tertiary/aromatic N) is 3. The average Bonchev–Trinajstić information content (AvgIpc) is 3.22. The van der Waals surface area contributed by atoms with Crippen LogP contribution in [0.4, 0.5) is 0 Å². The Kier molecular flexibility index (Phi) is 3.78. The van der Waals surface area contributed by atoms with Crippen LogP contribution in [0.25, 0.3) is 28.2 Å². The molecule has 0 aliphatic carbocycles. The van der Waals surface area contributed by atoms with Crippen LogP contribution >= 0.6 is 0 Å². The molecule has 6 nitrogen and oxygen atoms in total. The number of aromatic amines is 1. The van der Waals surface area contributed by atoms with Crippen molar-refractivity contribution in [1.82, 2.24) is 19.9 Å². The molecule has 0 aliphatic rings. The second-order valence-corrected chi connectivity index (χ2v) is 5.75. The maximum atomic E-state index is 12.3. The Morgan fingerprint density at radius 3 is 2.68 bits per heavy atom. The summed E-state index contributed by atoms with van der Waals surface area (Å²) >= 11 is 0. The first-order valence-corrected chi connectivity index (χ1v) is 7.91. The van der Waals surface area contributed by atoms with Gasteiger partial charge in [-0.15, -0.1) is 0 Å². The number of imidazole rings is 1. The lowest BCUT2D eigenvalue weighted by molar-refractivity contribution is -0.125. The third kappa shape index (κ3) is 3.14. The van der Waals surface area contributed by atoms with E-state index < -0.39 is 0 Å². The molecule has 0 saturated heterocycles. The smallest absolute Gasteiger partial charge is 0.246 e. The third-order valence-corrected chi connectivity index (χ3v) is 3.88. The van der Waals surface area contributed by atoms with Gasteiger partial charge >= 0.3 is 0 Å². The topological polar surface area (TPSA) is 75.0 Å². The van der Waals surface area contributed by atoms with E-state index in [1.54, 1.807) is 18.0 Å². The van der Waals surface area contributed by atoms with Gasteiger partial charge in [0.05, 0.1) is 17.6 Å². The normalized spacial score (nSPS) is 11.6. The minimum absolute atomic E-state index is 0.150. The van der Waals surface area contributed by atoms with Crippen molar-refractivity contribution in [2.45, 2.75) is 6.54 Å². The SMILES string of the molecule is CN(Cc1nc2ccccc2[nH]1)C(=O)C=Cc1nc2ccccc2o1. The van der Waals surface area contributed by atoms with E-state index in [9.17, 15) is 4.79 Å². The van der Waals surface area contributed by atoms with Crippen LogP contribution in [0, 0.1) is 0 Å². The monoisotopic (exact) mass is 332 g/mol. The Hall–Kier alpha value is -3.41. The second-order valence-electron chi connectivity index (χ2n) is 5.75. The van der Waals surface area contributed by atoms with Crippen molar-refractivity contribution in [2.75, 3.05) is 7.05 Å². The van der Waals surface area contributed by atoms with Gasteiger partial charge in [-0.1, -0.05) is 24.3 Å². The molecule has 124 valence electrons. The Labute approximate surface area is 143 Å². The second kappa shape index (κ2) is 6.24. The van der Waals surface area contributed by atoms with Gasteiger partial charge < -0.3 is 14.3 Å². The highest BCUT2D eigenvalue weighted by Crippen LogP contribution is 2.16. The van der Waals surface area contributed by atoms with Crippen LogP contribution in [0.15, 0.2) is 59.0 Å². The van der Waals surface area contributed by atoms with Crippen molar-refractivity contribution in [1.29, 1.82) is 0 Å². The predicted molar refractivity (Wildman–Crippen MR) is 95.6 cm³/mol. The van der Waals surface area contributed by atoms with Crippen LogP contribution < -0.4 is 0 Å². The number of hydrogen-bond acceptors (Lipinski definition) is 4. The number of aromatic nitrogens is 3. The molecular formula is C19H16N4O2. The summed E-state index contributed by atoms with van der Waals surface area (Å²) in [5.41, 5.74) is 3.32. The molecule has 0 aliphatic heterocycles. The van der Waals surface area contributed by atoms with Crippen LogP contribution in [-0.2, 0) is 11.3 Å². The predicted octanol–water partition coefficient (Wildman–Crippen LogP) is 3.38. The molecule has 0 fully saturated rings. The van der Waals surface area contributed by atoms with Gasteiger partial charge in [-0.3, -0.25) is 4.79 Å². The first kappa shape index (κ1) is 15.1. The van der Waals surface area contributed by atoms with Crippen molar-refractivity contribution in [3.8, 4) is 0 Å². The number of benzene rings is 2. The fraction of sp³-hybridized carbons (Fsp3) is 0.105. The number of carbonyl (C=O) groups is 1. The molecule has 4 aromatic rings. The van der Waals surface area contributed by atoms with E-state index in [-0.39, 0.29) is 5.91 Å². The highest BCUT2D eigenvalue weighted by atomic mass is 16.3. The number of likely N-dealkylation sites (N-methyl/N-ethyl adjacent to an activating group) is 1. The number of rotatable bonds is 4. The number of H-pyrrole nitrogens is 1. The molecule has 6 heteroatoms. The summed E-state index contributed by atoms with van der Waals surface area (Å²) in [5, 5.41) is 0. The number of nitrogens with one attached hydrogen (secondary N) is 1. The van der Waals surface area contributed by atoms with Crippen molar-refractivity contribution in [2.24, 2.45) is 0 Å². The molecule has 0 spiro atoms. The van der Waals surface area contributed by atoms with Gasteiger partial charge in [-0.05, 0) is 24.3 Å². The van der Waals surface area contributed by atoms with Gasteiger partial charge in [0.15, 0.2) is 5.58 Å². The molecule has 1 N–H and O–H groups in total. The fourth-order valence-electron chi connectivity index (χ4n) is 2.61. The zero-order valence-corrected chi connectivity index (χ0v) is 13.6. The summed E-state index contributed by atoms with van der Waals surface area (Å²) in [6.07, 6.45) is 3.03. The third-order valence-electron chi connectivity index (χ3n) is 3.88. The quantitative estimate of drug-likeness (QED) is 0.581. The first-order chi connectivity index (χ1) is 12.2. The molecule has 2 aromatic heterocycles. The zero-order valence-electron chi connectivity index (χ0n) is 13.6. The van der Waals surface area contributed by atoms with Crippen LogP contribution in [0.5, 0.6) is 0 Å². The Balaban J connectivity index is 1.46. The molecule has 2 aromatic carbocycles. The van der Waals surface area contributed by atoms with Crippen molar-refractivity contribution in [3.63, 3.8) is 0 Å². The summed E-state index contributed by atoms with van der Waals surface area (Å²) in [7, 11) is 1.73. The summed E-state index contributed by atoms with van der Waals surface area (Å²) in [6.45, 7) is 0.394. The van der Waals surface area contributed by atoms with Crippen molar-refractivity contribution in [3.05, 3.63) is 66.3 Å². The van der Waals surface area contributed by atoms with E-state index in [0.29, 0.717) is 18.0 Å². The molecule has 2 heterocycles. The lowest BCUT2D eigenvalue weighted by Crippen LogP contribution is -2.24. The van der Waals surface area contributed by atoms with Gasteiger partial charge in [0.25, 0.3) is 0 Å². The molecular weight excluding hydrogens is 316 g/mol. The van der Waals surface area contributed by atoms with Crippen molar-refractivity contribution < 1.29 is 9.21 Å². The summed E-state index contributed by atoms with van der Waals surface area (Å²) in [6, 6.07) is 15.3. The molecule has 25 heavy (non-hydrogen) atoms. The first-order valence-electron chi connectivity index (χ1n) is 7.91. The lowest BCUT2D eigenvalue weighted by atomic mass is 10.3. The van der Waals surface area contributed by atoms with E-state index in [1.807, 2.05) is 48.5 Å². The molecule has 1 amide bonds. The molecule has 4 rings (SSSR count). The van der Waals surface area contributed by atoms with E-state index in [4.69, 9.17) is 4.42 Å². The Morgan fingerprint density at radius 1 is 1.12 bits per heavy atom. The van der Waals surface area contributed by atoms with Gasteiger partial charge in [-0.2, -0.15) is 0 Å². The number of oxazole rings is 1. The average molecular weight is 332 g/mol. The van der Waals surface area contributed by atoms with Crippen LogP contribution in [-0.4, -0.2) is 32.8 Å². The van der Waals surface area contributed by atoms with E-state index in [2.05, 4.69) is 15.0 Å². The Bertz CT molecular complexity index is 1010. The Morgan fingerprint density at radius 2 is 1.88 bits per heavy atom. The molecule has 0 saturated carbocycles. The molecule has 0 radical (unpaired) electrons. The largest absolute Gasteiger partial charge is 0.437 e. The summed E-state index contributed by atoms with van der Waals surface area (Å²) in [4.78, 5) is 25.9. The van der Waals surface area contributed by atoms with Gasteiger partial charge in [0.1, 0.15) is 11.3 Å². The van der Waals surface area contributed by atoms with Crippen LogP contribution in [0.3, 0.4) is 0 Å². The molecule has 0 atom stereocenters. The highest BCUT2D eigenvalue weighted by Gasteiger charge is 2.10. The minimum Gasteiger partial charge on any atom is -0.437 e. The maximum absolute atomic E-state index is 12.3. The van der Waals surface area contributed by atoms with E-state index in [0.717, 1.165) is 22.4 Å². The molecule has 0 bridgehead atoms. The maximum Gasteiger partial charge on any atom is 0.246 e. The van der Waals surface area contributed by atoms with Gasteiger partial charge in [0.2, 0.25) is 11.8 Å². The van der Waals surface area contributed by atoms with Crippen molar-refractivity contribution >= 4 is 34.1 Å². The van der Waals surface area contributed by atoms with Gasteiger partial charge in [0, 0.05) is 19.2 Å². The number of carbonyl (C=O) groups excluding carboxylic acids is 1. The number of hydrogen-bond donors (Lipinski definition) is 1. The summed E-state index contributed by atoms with van der Waals surface area (Å²) < 4.78 is 5.57. The van der Waals surface area contributed by atoms with E-state index >= 15 is 0 Å².